The van der Waals surface area contributed by atoms with Crippen LogP contribution in [0, 0.1) is 16.0 Å². The summed E-state index contributed by atoms with van der Waals surface area (Å²) in [7, 11) is 3.23. The first kappa shape index (κ1) is 16.1. The van der Waals surface area contributed by atoms with Gasteiger partial charge >= 0.3 is 0 Å². The molecule has 1 saturated heterocycles. The van der Waals surface area contributed by atoms with E-state index in [1.54, 1.807) is 26.4 Å². The third-order valence-corrected chi connectivity index (χ3v) is 4.50. The summed E-state index contributed by atoms with van der Waals surface area (Å²) in [5, 5.41) is 10.8. The number of nitro groups is 1. The lowest BCUT2D eigenvalue weighted by molar-refractivity contribution is -0.384. The number of hydrogen-bond donors (Lipinski definition) is 0. The third-order valence-electron chi connectivity index (χ3n) is 4.50. The lowest BCUT2D eigenvalue weighted by atomic mass is 9.84. The summed E-state index contributed by atoms with van der Waals surface area (Å²) in [6.45, 7) is 3.11. The van der Waals surface area contributed by atoms with Crippen molar-refractivity contribution in [3.63, 3.8) is 0 Å². The molecular weight excluding hydrogens is 308 g/mol. The number of anilines is 1. The minimum absolute atomic E-state index is 0.114. The zero-order valence-electron chi connectivity index (χ0n) is 13.9. The van der Waals surface area contributed by atoms with E-state index < -0.39 is 0 Å². The normalized spacial score (nSPS) is 19.5. The molecule has 3 rings (SSSR count). The van der Waals surface area contributed by atoms with Crippen molar-refractivity contribution in [2.45, 2.75) is 13.0 Å². The van der Waals surface area contributed by atoms with Crippen LogP contribution in [0.25, 0.3) is 0 Å². The van der Waals surface area contributed by atoms with Gasteiger partial charge in [0, 0.05) is 30.4 Å². The van der Waals surface area contributed by atoms with Gasteiger partial charge in [0.05, 0.1) is 25.2 Å². The van der Waals surface area contributed by atoms with Crippen molar-refractivity contribution in [1.29, 1.82) is 0 Å². The standard InChI is InChI=1S/C18H20N2O4/c1-12-11-19(15-8-9-16(23-2)17(10-15)24-3)18(12)13-4-6-14(7-5-13)20(21)22/h4-10,12,18H,11H2,1-3H3/t12-,18+/m1/s1. The van der Waals surface area contributed by atoms with Gasteiger partial charge in [0.25, 0.3) is 5.69 Å². The topological polar surface area (TPSA) is 64.8 Å². The summed E-state index contributed by atoms with van der Waals surface area (Å²) in [5.74, 6) is 1.86. The minimum Gasteiger partial charge on any atom is -0.493 e. The van der Waals surface area contributed by atoms with E-state index in [-0.39, 0.29) is 16.7 Å². The second-order valence-corrected chi connectivity index (χ2v) is 5.96. The molecule has 2 aromatic carbocycles. The maximum absolute atomic E-state index is 10.8. The molecule has 126 valence electrons. The van der Waals surface area contributed by atoms with Gasteiger partial charge in [0.1, 0.15) is 0 Å². The predicted octanol–water partition coefficient (Wildman–Crippen LogP) is 3.81. The fourth-order valence-electron chi connectivity index (χ4n) is 3.26. The lowest BCUT2D eigenvalue weighted by Gasteiger charge is -2.48. The van der Waals surface area contributed by atoms with Crippen molar-refractivity contribution in [1.82, 2.24) is 0 Å². The lowest BCUT2D eigenvalue weighted by Crippen LogP contribution is -2.48. The van der Waals surface area contributed by atoms with Gasteiger partial charge in [0.15, 0.2) is 11.5 Å². The Balaban J connectivity index is 1.88. The monoisotopic (exact) mass is 328 g/mol. The van der Waals surface area contributed by atoms with Crippen LogP contribution >= 0.6 is 0 Å². The van der Waals surface area contributed by atoms with Gasteiger partial charge in [-0.3, -0.25) is 10.1 Å². The highest BCUT2D eigenvalue weighted by molar-refractivity contribution is 5.59. The first-order valence-corrected chi connectivity index (χ1v) is 7.78. The zero-order chi connectivity index (χ0) is 17.3. The number of nitrogens with zero attached hydrogens (tertiary/aromatic N) is 2. The predicted molar refractivity (Wildman–Crippen MR) is 91.9 cm³/mol. The number of benzene rings is 2. The molecule has 0 radical (unpaired) electrons. The molecule has 6 heteroatoms. The molecule has 1 aliphatic rings. The Morgan fingerprint density at radius 2 is 1.75 bits per heavy atom. The molecule has 0 saturated carbocycles. The minimum atomic E-state index is -0.375. The van der Waals surface area contributed by atoms with Crippen LogP contribution < -0.4 is 14.4 Å². The molecule has 2 atom stereocenters. The second kappa shape index (κ2) is 6.39. The molecule has 6 nitrogen and oxygen atoms in total. The fraction of sp³-hybridized carbons (Fsp3) is 0.333. The van der Waals surface area contributed by atoms with Crippen molar-refractivity contribution in [2.24, 2.45) is 5.92 Å². The average molecular weight is 328 g/mol. The molecule has 0 spiro atoms. The SMILES string of the molecule is COc1ccc(N2C[C@@H](C)[C@H]2c2ccc([N+](=O)[O-])cc2)cc1OC. The van der Waals surface area contributed by atoms with Crippen molar-refractivity contribution in [3.05, 3.63) is 58.1 Å². The molecule has 1 fully saturated rings. The van der Waals surface area contributed by atoms with E-state index in [9.17, 15) is 10.1 Å². The van der Waals surface area contributed by atoms with E-state index in [2.05, 4.69) is 11.8 Å². The van der Waals surface area contributed by atoms with Crippen LogP contribution in [-0.2, 0) is 0 Å². The molecule has 0 unspecified atom stereocenters. The van der Waals surface area contributed by atoms with E-state index in [1.165, 1.54) is 0 Å². The van der Waals surface area contributed by atoms with Gasteiger partial charge in [0.2, 0.25) is 0 Å². The zero-order valence-corrected chi connectivity index (χ0v) is 13.9. The maximum Gasteiger partial charge on any atom is 0.269 e. The number of rotatable bonds is 5. The van der Waals surface area contributed by atoms with Crippen molar-refractivity contribution in [2.75, 3.05) is 25.7 Å². The van der Waals surface area contributed by atoms with Crippen LogP contribution in [0.5, 0.6) is 11.5 Å². The number of ether oxygens (including phenoxy) is 2. The number of hydrogen-bond acceptors (Lipinski definition) is 5. The Labute approximate surface area is 140 Å². The quantitative estimate of drug-likeness (QED) is 0.617. The number of methoxy groups -OCH3 is 2. The van der Waals surface area contributed by atoms with E-state index in [0.29, 0.717) is 17.4 Å². The molecule has 0 aromatic heterocycles. The van der Waals surface area contributed by atoms with Crippen LogP contribution in [0.3, 0.4) is 0 Å². The Morgan fingerprint density at radius 1 is 1.08 bits per heavy atom. The molecule has 0 aliphatic carbocycles. The molecule has 1 aliphatic heterocycles. The Kier molecular flexibility index (Phi) is 4.29. The Morgan fingerprint density at radius 3 is 2.29 bits per heavy atom. The van der Waals surface area contributed by atoms with Gasteiger partial charge in [-0.1, -0.05) is 19.1 Å². The smallest absolute Gasteiger partial charge is 0.269 e. The van der Waals surface area contributed by atoms with Gasteiger partial charge < -0.3 is 14.4 Å². The molecule has 2 aromatic rings. The first-order valence-electron chi connectivity index (χ1n) is 7.78. The molecule has 0 N–H and O–H groups in total. The number of nitro benzene ring substituents is 1. The molecule has 24 heavy (non-hydrogen) atoms. The fourth-order valence-corrected chi connectivity index (χ4v) is 3.26. The first-order chi connectivity index (χ1) is 11.5. The van der Waals surface area contributed by atoms with Crippen LogP contribution in [0.4, 0.5) is 11.4 Å². The van der Waals surface area contributed by atoms with Gasteiger partial charge in [-0.2, -0.15) is 0 Å². The summed E-state index contributed by atoms with van der Waals surface area (Å²) in [5.41, 5.74) is 2.24. The molecular formula is C18H20N2O4. The van der Waals surface area contributed by atoms with Gasteiger partial charge in [-0.05, 0) is 23.6 Å². The summed E-state index contributed by atoms with van der Waals surface area (Å²) < 4.78 is 10.7. The van der Waals surface area contributed by atoms with E-state index in [0.717, 1.165) is 17.8 Å². The summed E-state index contributed by atoms with van der Waals surface area (Å²) in [4.78, 5) is 12.7. The average Bonchev–Trinajstić information content (AvgIpc) is 2.59. The second-order valence-electron chi connectivity index (χ2n) is 5.96. The van der Waals surface area contributed by atoms with Gasteiger partial charge in [-0.25, -0.2) is 0 Å². The van der Waals surface area contributed by atoms with Crippen molar-refractivity contribution >= 4 is 11.4 Å². The van der Waals surface area contributed by atoms with E-state index >= 15 is 0 Å². The van der Waals surface area contributed by atoms with Crippen LogP contribution in [0.2, 0.25) is 0 Å². The highest BCUT2D eigenvalue weighted by Gasteiger charge is 2.37. The van der Waals surface area contributed by atoms with Gasteiger partial charge in [-0.15, -0.1) is 0 Å². The van der Waals surface area contributed by atoms with Crippen LogP contribution in [0.15, 0.2) is 42.5 Å². The van der Waals surface area contributed by atoms with E-state index in [4.69, 9.17) is 9.47 Å². The highest BCUT2D eigenvalue weighted by Crippen LogP contribution is 2.44. The molecule has 1 heterocycles. The third kappa shape index (κ3) is 2.75. The summed E-state index contributed by atoms with van der Waals surface area (Å²) in [6, 6.07) is 12.9. The maximum atomic E-state index is 10.8. The molecule has 0 bridgehead atoms. The Hall–Kier alpha value is -2.76. The largest absolute Gasteiger partial charge is 0.493 e. The number of non-ortho nitro benzene ring substituents is 1. The Bertz CT molecular complexity index is 745. The molecule has 0 amide bonds. The summed E-state index contributed by atoms with van der Waals surface area (Å²) in [6.07, 6.45) is 0. The van der Waals surface area contributed by atoms with Crippen molar-refractivity contribution < 1.29 is 14.4 Å². The van der Waals surface area contributed by atoms with Crippen LogP contribution in [-0.4, -0.2) is 25.7 Å². The summed E-state index contributed by atoms with van der Waals surface area (Å²) >= 11 is 0. The van der Waals surface area contributed by atoms with Crippen LogP contribution in [0.1, 0.15) is 18.5 Å². The van der Waals surface area contributed by atoms with Crippen molar-refractivity contribution in [3.8, 4) is 11.5 Å². The van der Waals surface area contributed by atoms with E-state index in [1.807, 2.05) is 30.3 Å². The highest BCUT2D eigenvalue weighted by atomic mass is 16.6.